The number of carbonyl (C=O) groups is 2. The maximum absolute atomic E-state index is 12.3. The number of hydrogen-bond acceptors (Lipinski definition) is 3. The summed E-state index contributed by atoms with van der Waals surface area (Å²) in [5.41, 5.74) is 0.915. The Hall–Kier alpha value is -2.54. The molecule has 1 saturated heterocycles. The predicted molar refractivity (Wildman–Crippen MR) is 100 cm³/mol. The van der Waals surface area contributed by atoms with Gasteiger partial charge in [-0.3, -0.25) is 10.1 Å². The molecule has 1 atom stereocenters. The Morgan fingerprint density at radius 1 is 1.35 bits per heavy atom. The van der Waals surface area contributed by atoms with E-state index in [9.17, 15) is 9.59 Å². The van der Waals surface area contributed by atoms with Gasteiger partial charge < -0.3 is 10.2 Å². The number of nitrogens with zero attached hydrogens (tertiary/aromatic N) is 3. The van der Waals surface area contributed by atoms with Crippen LogP contribution in [-0.2, 0) is 11.3 Å². The minimum Gasteiger partial charge on any atom is -0.341 e. The first-order valence-corrected chi connectivity index (χ1v) is 9.05. The van der Waals surface area contributed by atoms with Crippen LogP contribution in [0.15, 0.2) is 36.5 Å². The molecule has 1 aromatic heterocycles. The fraction of sp³-hybridized carbons (Fsp3) is 0.389. The van der Waals surface area contributed by atoms with Gasteiger partial charge in [0.05, 0.1) is 18.8 Å². The van der Waals surface area contributed by atoms with Gasteiger partial charge in [-0.2, -0.15) is 5.10 Å². The van der Waals surface area contributed by atoms with E-state index in [0.717, 1.165) is 18.5 Å². The summed E-state index contributed by atoms with van der Waals surface area (Å²) in [5.74, 6) is 0.651. The number of nitrogens with one attached hydrogen (secondary N) is 2. The third-order valence-corrected chi connectivity index (χ3v) is 4.65. The maximum atomic E-state index is 12.3. The largest absolute Gasteiger partial charge is 0.341 e. The van der Waals surface area contributed by atoms with Crippen molar-refractivity contribution in [2.24, 2.45) is 0 Å². The number of carbonyl (C=O) groups excluding carboxylic acids is 2. The Labute approximate surface area is 157 Å². The third-order valence-electron chi connectivity index (χ3n) is 4.28. The van der Waals surface area contributed by atoms with Crippen LogP contribution in [0.3, 0.4) is 0 Å². The highest BCUT2D eigenvalue weighted by Crippen LogP contribution is 2.18. The van der Waals surface area contributed by atoms with E-state index in [2.05, 4.69) is 15.7 Å². The minimum atomic E-state index is -0.345. The molecule has 0 saturated carbocycles. The molecule has 0 unspecified atom stereocenters. The van der Waals surface area contributed by atoms with Gasteiger partial charge in [-0.25, -0.2) is 9.48 Å². The smallest absolute Gasteiger partial charge is 0.320 e. The summed E-state index contributed by atoms with van der Waals surface area (Å²) in [6.45, 7) is 3.76. The highest BCUT2D eigenvalue weighted by molar-refractivity contribution is 6.31. The SMILES string of the molecule is CCCN1C[C@@H](NC(=O)Nc2ccnn2Cc2ccccc2Cl)CC1=O. The summed E-state index contributed by atoms with van der Waals surface area (Å²) in [6.07, 6.45) is 2.87. The first-order valence-electron chi connectivity index (χ1n) is 8.67. The minimum absolute atomic E-state index is 0.0842. The zero-order valence-corrected chi connectivity index (χ0v) is 15.4. The topological polar surface area (TPSA) is 79.3 Å². The molecular weight excluding hydrogens is 354 g/mol. The van der Waals surface area contributed by atoms with Gasteiger partial charge in [-0.05, 0) is 18.1 Å². The number of amides is 3. The molecule has 1 aliphatic heterocycles. The number of likely N-dealkylation sites (tertiary alicyclic amines) is 1. The number of urea groups is 1. The molecule has 0 radical (unpaired) electrons. The van der Waals surface area contributed by atoms with Crippen molar-refractivity contribution in [2.75, 3.05) is 18.4 Å². The van der Waals surface area contributed by atoms with Gasteiger partial charge in [0.2, 0.25) is 5.91 Å². The number of aromatic nitrogens is 2. The van der Waals surface area contributed by atoms with Crippen molar-refractivity contribution in [3.05, 3.63) is 47.1 Å². The molecule has 2 N–H and O–H groups in total. The lowest BCUT2D eigenvalue weighted by Crippen LogP contribution is -2.40. The Kier molecular flexibility index (Phi) is 5.78. The number of anilines is 1. The lowest BCUT2D eigenvalue weighted by atomic mass is 10.2. The first-order chi connectivity index (χ1) is 12.6. The highest BCUT2D eigenvalue weighted by Gasteiger charge is 2.29. The van der Waals surface area contributed by atoms with Crippen LogP contribution in [0.1, 0.15) is 25.3 Å². The molecule has 0 aliphatic carbocycles. The van der Waals surface area contributed by atoms with Crippen LogP contribution in [0.4, 0.5) is 10.6 Å². The van der Waals surface area contributed by atoms with Crippen molar-refractivity contribution in [3.63, 3.8) is 0 Å². The Bertz CT molecular complexity index is 791. The van der Waals surface area contributed by atoms with Crippen LogP contribution in [-0.4, -0.2) is 45.8 Å². The van der Waals surface area contributed by atoms with Crippen LogP contribution in [0.2, 0.25) is 5.02 Å². The summed E-state index contributed by atoms with van der Waals surface area (Å²) >= 11 is 6.19. The average molecular weight is 376 g/mol. The number of hydrogen-bond donors (Lipinski definition) is 2. The summed E-state index contributed by atoms with van der Waals surface area (Å²) in [7, 11) is 0. The average Bonchev–Trinajstić information content (AvgIpc) is 3.17. The summed E-state index contributed by atoms with van der Waals surface area (Å²) < 4.78 is 1.67. The number of benzene rings is 1. The fourth-order valence-corrected chi connectivity index (χ4v) is 3.24. The maximum Gasteiger partial charge on any atom is 0.320 e. The molecule has 8 heteroatoms. The molecule has 7 nitrogen and oxygen atoms in total. The van der Waals surface area contributed by atoms with Crippen molar-refractivity contribution in [1.82, 2.24) is 20.0 Å². The van der Waals surface area contributed by atoms with Crippen LogP contribution in [0, 0.1) is 0 Å². The molecule has 1 fully saturated rings. The van der Waals surface area contributed by atoms with Crippen LogP contribution in [0.5, 0.6) is 0 Å². The molecule has 0 bridgehead atoms. The van der Waals surface area contributed by atoms with Gasteiger partial charge in [-0.1, -0.05) is 36.7 Å². The number of rotatable bonds is 6. The van der Waals surface area contributed by atoms with E-state index >= 15 is 0 Å². The van der Waals surface area contributed by atoms with E-state index in [-0.39, 0.29) is 18.0 Å². The summed E-state index contributed by atoms with van der Waals surface area (Å²) in [5, 5.41) is 10.5. The van der Waals surface area contributed by atoms with Crippen LogP contribution < -0.4 is 10.6 Å². The second-order valence-electron chi connectivity index (χ2n) is 6.30. The van der Waals surface area contributed by atoms with E-state index < -0.39 is 0 Å². The Morgan fingerprint density at radius 2 is 2.15 bits per heavy atom. The van der Waals surface area contributed by atoms with E-state index in [1.807, 2.05) is 31.2 Å². The highest BCUT2D eigenvalue weighted by atomic mass is 35.5. The van der Waals surface area contributed by atoms with Crippen molar-refractivity contribution >= 4 is 29.4 Å². The van der Waals surface area contributed by atoms with Gasteiger partial charge >= 0.3 is 6.03 Å². The molecule has 2 aromatic rings. The van der Waals surface area contributed by atoms with Gasteiger partial charge in [0.25, 0.3) is 0 Å². The number of halogens is 1. The molecule has 3 amide bonds. The quantitative estimate of drug-likeness (QED) is 0.814. The molecular formula is C18H22ClN5O2. The van der Waals surface area contributed by atoms with Gasteiger partial charge in [0.15, 0.2) is 0 Å². The summed E-state index contributed by atoms with van der Waals surface area (Å²) in [6, 6.07) is 8.71. The Balaban J connectivity index is 1.58. The molecule has 0 spiro atoms. The van der Waals surface area contributed by atoms with E-state index in [0.29, 0.717) is 30.4 Å². The molecule has 26 heavy (non-hydrogen) atoms. The van der Waals surface area contributed by atoms with Crippen LogP contribution >= 0.6 is 11.6 Å². The molecule has 1 aromatic carbocycles. The summed E-state index contributed by atoms with van der Waals surface area (Å²) in [4.78, 5) is 26.0. The predicted octanol–water partition coefficient (Wildman–Crippen LogP) is 2.72. The van der Waals surface area contributed by atoms with Gasteiger partial charge in [0.1, 0.15) is 5.82 Å². The fourth-order valence-electron chi connectivity index (χ4n) is 3.05. The molecule has 3 rings (SSSR count). The first kappa shape index (κ1) is 18.3. The normalized spacial score (nSPS) is 16.8. The van der Waals surface area contributed by atoms with Gasteiger partial charge in [0, 0.05) is 30.6 Å². The lowest BCUT2D eigenvalue weighted by molar-refractivity contribution is -0.127. The zero-order valence-electron chi connectivity index (χ0n) is 14.6. The van der Waals surface area contributed by atoms with E-state index in [4.69, 9.17) is 11.6 Å². The monoisotopic (exact) mass is 375 g/mol. The second-order valence-corrected chi connectivity index (χ2v) is 6.71. The Morgan fingerprint density at radius 3 is 2.92 bits per heavy atom. The van der Waals surface area contributed by atoms with Crippen molar-refractivity contribution in [2.45, 2.75) is 32.4 Å². The molecule has 1 aliphatic rings. The van der Waals surface area contributed by atoms with Crippen molar-refractivity contribution < 1.29 is 9.59 Å². The van der Waals surface area contributed by atoms with Crippen molar-refractivity contribution in [1.29, 1.82) is 0 Å². The standard InChI is InChI=1S/C18H22ClN5O2/c1-2-9-23-12-14(10-17(23)25)21-18(26)22-16-7-8-20-24(16)11-13-5-3-4-6-15(13)19/h3-8,14H,2,9-12H2,1H3,(H2,21,22,26)/t14-/m0/s1. The second kappa shape index (κ2) is 8.23. The lowest BCUT2D eigenvalue weighted by Gasteiger charge is -2.16. The molecule has 138 valence electrons. The molecule has 2 heterocycles. The van der Waals surface area contributed by atoms with E-state index in [1.54, 1.807) is 21.8 Å². The van der Waals surface area contributed by atoms with Gasteiger partial charge in [-0.15, -0.1) is 0 Å². The van der Waals surface area contributed by atoms with E-state index in [1.165, 1.54) is 0 Å². The van der Waals surface area contributed by atoms with Crippen molar-refractivity contribution in [3.8, 4) is 0 Å². The third kappa shape index (κ3) is 4.35. The van der Waals surface area contributed by atoms with Crippen LogP contribution in [0.25, 0.3) is 0 Å². The zero-order chi connectivity index (χ0) is 18.5.